The first-order valence-electron chi connectivity index (χ1n) is 9.96. The number of halogens is 1. The maximum atomic E-state index is 12.9. The second kappa shape index (κ2) is 9.80. The predicted octanol–water partition coefficient (Wildman–Crippen LogP) is 3.54. The van der Waals surface area contributed by atoms with Crippen LogP contribution in [0.25, 0.3) is 0 Å². The molecule has 1 saturated heterocycles. The Kier molecular flexibility index (Phi) is 7.35. The second-order valence-corrected chi connectivity index (χ2v) is 9.97. The van der Waals surface area contributed by atoms with Crippen molar-refractivity contribution in [3.05, 3.63) is 58.6 Å². The first-order chi connectivity index (χ1) is 14.7. The van der Waals surface area contributed by atoms with Crippen molar-refractivity contribution in [3.8, 4) is 0 Å². The topological polar surface area (TPSA) is 92.8 Å². The lowest BCUT2D eigenvalue weighted by Crippen LogP contribution is -2.41. The molecule has 9 heteroatoms. The Morgan fingerprint density at radius 2 is 1.81 bits per heavy atom. The molecular formula is C22H25ClN2O5S. The van der Waals surface area contributed by atoms with Gasteiger partial charge in [0.05, 0.1) is 10.8 Å². The van der Waals surface area contributed by atoms with E-state index >= 15 is 0 Å². The highest BCUT2D eigenvalue weighted by molar-refractivity contribution is 7.89. The molecule has 0 radical (unpaired) electrons. The fraction of sp³-hybridized carbons (Fsp3) is 0.364. The summed E-state index contributed by atoms with van der Waals surface area (Å²) in [6.45, 7) is 3.84. The van der Waals surface area contributed by atoms with E-state index in [-0.39, 0.29) is 18.0 Å². The molecule has 1 aliphatic heterocycles. The Morgan fingerprint density at radius 3 is 2.45 bits per heavy atom. The van der Waals surface area contributed by atoms with Crippen LogP contribution in [0.1, 0.15) is 24.0 Å². The zero-order chi connectivity index (χ0) is 22.6. The molecule has 31 heavy (non-hydrogen) atoms. The molecule has 0 unspecified atom stereocenters. The zero-order valence-corrected chi connectivity index (χ0v) is 19.0. The van der Waals surface area contributed by atoms with Crippen LogP contribution in [0, 0.1) is 19.8 Å². The minimum absolute atomic E-state index is 0.226. The van der Waals surface area contributed by atoms with Gasteiger partial charge in [-0.25, -0.2) is 8.42 Å². The number of nitrogens with one attached hydrogen (secondary N) is 1. The highest BCUT2D eigenvalue weighted by Gasteiger charge is 2.33. The normalized spacial score (nSPS) is 15.5. The van der Waals surface area contributed by atoms with Gasteiger partial charge in [-0.2, -0.15) is 4.31 Å². The Balaban J connectivity index is 1.50. The number of amides is 1. The number of carbonyl (C=O) groups is 2. The van der Waals surface area contributed by atoms with Crippen LogP contribution in [-0.2, 0) is 24.3 Å². The van der Waals surface area contributed by atoms with Crippen LogP contribution >= 0.6 is 11.6 Å². The first kappa shape index (κ1) is 23.2. The van der Waals surface area contributed by atoms with Crippen molar-refractivity contribution in [2.45, 2.75) is 31.6 Å². The van der Waals surface area contributed by atoms with E-state index < -0.39 is 34.4 Å². The van der Waals surface area contributed by atoms with Crippen LogP contribution < -0.4 is 5.32 Å². The standard InChI is InChI=1S/C22H25ClN2O5S/c1-15-6-7-20(12-16(15)2)31(28,29)25-10-8-17(9-11-25)22(27)30-14-21(26)24-19-5-3-4-18(23)13-19/h3-7,12-13,17H,8-11,14H2,1-2H3,(H,24,26). The van der Waals surface area contributed by atoms with E-state index in [0.29, 0.717) is 23.6 Å². The third-order valence-electron chi connectivity index (χ3n) is 5.36. The van der Waals surface area contributed by atoms with Crippen molar-refractivity contribution < 1.29 is 22.7 Å². The highest BCUT2D eigenvalue weighted by Crippen LogP contribution is 2.26. The minimum atomic E-state index is -3.61. The highest BCUT2D eigenvalue weighted by atomic mass is 35.5. The first-order valence-corrected chi connectivity index (χ1v) is 11.8. The number of piperidine rings is 1. The van der Waals surface area contributed by atoms with E-state index in [0.717, 1.165) is 11.1 Å². The number of benzene rings is 2. The molecule has 166 valence electrons. The summed E-state index contributed by atoms with van der Waals surface area (Å²) < 4.78 is 32.3. The SMILES string of the molecule is Cc1ccc(S(=O)(=O)N2CCC(C(=O)OCC(=O)Nc3cccc(Cl)c3)CC2)cc1C. The molecule has 1 aliphatic rings. The average Bonchev–Trinajstić information content (AvgIpc) is 2.74. The molecule has 0 saturated carbocycles. The number of hydrogen-bond donors (Lipinski definition) is 1. The van der Waals surface area contributed by atoms with Crippen molar-refractivity contribution in [3.63, 3.8) is 0 Å². The molecule has 0 atom stereocenters. The Morgan fingerprint density at radius 1 is 1.10 bits per heavy atom. The lowest BCUT2D eigenvalue weighted by atomic mass is 9.98. The number of sulfonamides is 1. The van der Waals surface area contributed by atoms with Crippen molar-refractivity contribution in [2.75, 3.05) is 25.0 Å². The quantitative estimate of drug-likeness (QED) is 0.660. The van der Waals surface area contributed by atoms with Gasteiger partial charge in [0.25, 0.3) is 5.91 Å². The summed E-state index contributed by atoms with van der Waals surface area (Å²) in [5, 5.41) is 3.09. The average molecular weight is 465 g/mol. The van der Waals surface area contributed by atoms with Crippen LogP contribution in [-0.4, -0.2) is 44.3 Å². The van der Waals surface area contributed by atoms with E-state index in [4.69, 9.17) is 16.3 Å². The molecule has 1 fully saturated rings. The van der Waals surface area contributed by atoms with Crippen LogP contribution in [0.4, 0.5) is 5.69 Å². The number of ether oxygens (including phenoxy) is 1. The van der Waals surface area contributed by atoms with Crippen molar-refractivity contribution >= 4 is 39.2 Å². The molecule has 1 heterocycles. The van der Waals surface area contributed by atoms with Gasteiger partial charge in [0.15, 0.2) is 6.61 Å². The van der Waals surface area contributed by atoms with E-state index in [1.54, 1.807) is 42.5 Å². The van der Waals surface area contributed by atoms with Crippen LogP contribution in [0.5, 0.6) is 0 Å². The van der Waals surface area contributed by atoms with Gasteiger partial charge in [-0.05, 0) is 68.1 Å². The number of aryl methyl sites for hydroxylation is 2. The maximum Gasteiger partial charge on any atom is 0.309 e. The predicted molar refractivity (Wildman–Crippen MR) is 118 cm³/mol. The molecule has 3 rings (SSSR count). The zero-order valence-electron chi connectivity index (χ0n) is 17.4. The van der Waals surface area contributed by atoms with E-state index in [9.17, 15) is 18.0 Å². The molecule has 0 spiro atoms. The lowest BCUT2D eigenvalue weighted by molar-refractivity contribution is -0.152. The number of nitrogens with zero attached hydrogens (tertiary/aromatic N) is 1. The minimum Gasteiger partial charge on any atom is -0.455 e. The molecule has 0 bridgehead atoms. The fourth-order valence-electron chi connectivity index (χ4n) is 3.37. The number of esters is 1. The summed E-state index contributed by atoms with van der Waals surface area (Å²) >= 11 is 5.87. The fourth-order valence-corrected chi connectivity index (χ4v) is 5.12. The van der Waals surface area contributed by atoms with Crippen LogP contribution in [0.3, 0.4) is 0 Å². The summed E-state index contributed by atoms with van der Waals surface area (Å²) in [7, 11) is -3.61. The van der Waals surface area contributed by atoms with Gasteiger partial charge >= 0.3 is 5.97 Å². The van der Waals surface area contributed by atoms with Crippen molar-refractivity contribution in [1.82, 2.24) is 4.31 Å². The van der Waals surface area contributed by atoms with Crippen LogP contribution in [0.2, 0.25) is 5.02 Å². The molecule has 1 N–H and O–H groups in total. The third kappa shape index (κ3) is 5.84. The number of rotatable bonds is 6. The largest absolute Gasteiger partial charge is 0.455 e. The van der Waals surface area contributed by atoms with E-state index in [2.05, 4.69) is 5.32 Å². The second-order valence-electron chi connectivity index (χ2n) is 7.59. The number of carbonyl (C=O) groups excluding carboxylic acids is 2. The van der Waals surface area contributed by atoms with Gasteiger partial charge in [0.2, 0.25) is 10.0 Å². The molecule has 7 nitrogen and oxygen atoms in total. The smallest absolute Gasteiger partial charge is 0.309 e. The molecular weight excluding hydrogens is 440 g/mol. The summed E-state index contributed by atoms with van der Waals surface area (Å²) in [4.78, 5) is 24.6. The Bertz CT molecular complexity index is 1080. The van der Waals surface area contributed by atoms with E-state index in [1.807, 2.05) is 13.8 Å². The van der Waals surface area contributed by atoms with Gasteiger partial charge in [-0.1, -0.05) is 23.7 Å². The van der Waals surface area contributed by atoms with Crippen molar-refractivity contribution in [2.24, 2.45) is 5.92 Å². The molecule has 2 aromatic carbocycles. The molecule has 0 aromatic heterocycles. The number of hydrogen-bond acceptors (Lipinski definition) is 5. The number of anilines is 1. The van der Waals surface area contributed by atoms with Crippen molar-refractivity contribution in [1.29, 1.82) is 0 Å². The van der Waals surface area contributed by atoms with Gasteiger partial charge < -0.3 is 10.1 Å². The monoisotopic (exact) mass is 464 g/mol. The summed E-state index contributed by atoms with van der Waals surface area (Å²) in [5.41, 5.74) is 2.45. The Hall–Kier alpha value is -2.42. The summed E-state index contributed by atoms with van der Waals surface area (Å²) in [5.74, 6) is -1.40. The third-order valence-corrected chi connectivity index (χ3v) is 7.49. The van der Waals surface area contributed by atoms with Crippen LogP contribution in [0.15, 0.2) is 47.4 Å². The molecule has 2 aromatic rings. The van der Waals surface area contributed by atoms with E-state index in [1.165, 1.54) is 4.31 Å². The van der Waals surface area contributed by atoms with Gasteiger partial charge in [-0.15, -0.1) is 0 Å². The molecule has 0 aliphatic carbocycles. The maximum absolute atomic E-state index is 12.9. The summed E-state index contributed by atoms with van der Waals surface area (Å²) in [6, 6.07) is 11.7. The van der Waals surface area contributed by atoms with Gasteiger partial charge in [0.1, 0.15) is 0 Å². The Labute approximate surface area is 187 Å². The van der Waals surface area contributed by atoms with Gasteiger partial charge in [-0.3, -0.25) is 9.59 Å². The lowest BCUT2D eigenvalue weighted by Gasteiger charge is -2.30. The molecule has 1 amide bonds. The summed E-state index contributed by atoms with van der Waals surface area (Å²) in [6.07, 6.45) is 0.692. The van der Waals surface area contributed by atoms with Gasteiger partial charge in [0, 0.05) is 23.8 Å².